The second kappa shape index (κ2) is 7.92. The maximum absolute atomic E-state index is 10.9. The first-order chi connectivity index (χ1) is 9.02. The molecule has 4 nitrogen and oxygen atoms in total. The Labute approximate surface area is 114 Å². The van der Waals surface area contributed by atoms with Crippen molar-refractivity contribution in [2.24, 2.45) is 0 Å². The van der Waals surface area contributed by atoms with E-state index in [0.29, 0.717) is 18.3 Å². The van der Waals surface area contributed by atoms with Gasteiger partial charge in [-0.05, 0) is 31.0 Å². The normalized spacial score (nSPS) is 13.9. The smallest absolute Gasteiger partial charge is 0.308 e. The van der Waals surface area contributed by atoms with Gasteiger partial charge in [0, 0.05) is 19.5 Å². The van der Waals surface area contributed by atoms with Crippen molar-refractivity contribution >= 4 is 5.97 Å². The number of carbonyl (C=O) groups is 1. The predicted octanol–water partition coefficient (Wildman–Crippen LogP) is 2.42. The summed E-state index contributed by atoms with van der Waals surface area (Å²) in [7, 11) is 0. The largest absolute Gasteiger partial charge is 0.427 e. The lowest BCUT2D eigenvalue weighted by atomic mass is 10.1. The fourth-order valence-corrected chi connectivity index (χ4v) is 1.92. The van der Waals surface area contributed by atoms with Gasteiger partial charge >= 0.3 is 5.97 Å². The van der Waals surface area contributed by atoms with Gasteiger partial charge in [-0.15, -0.1) is 0 Å². The Balaban J connectivity index is 2.56. The van der Waals surface area contributed by atoms with Crippen LogP contribution in [0.2, 0.25) is 0 Å². The standard InChI is InChI=1S/C15H23NO3/c1-4-6-11(2)16-10-15(18)13-7-5-8-14(9-13)19-12(3)17/h5,7-9,11,15-16,18H,4,6,10H2,1-3H3. The third kappa shape index (κ3) is 5.85. The fourth-order valence-electron chi connectivity index (χ4n) is 1.92. The van der Waals surface area contributed by atoms with E-state index in [1.54, 1.807) is 18.2 Å². The summed E-state index contributed by atoms with van der Waals surface area (Å²) in [5.74, 6) is 0.104. The summed E-state index contributed by atoms with van der Waals surface area (Å²) in [6.45, 7) is 6.09. The van der Waals surface area contributed by atoms with Gasteiger partial charge in [-0.2, -0.15) is 0 Å². The Morgan fingerprint density at radius 2 is 2.21 bits per heavy atom. The van der Waals surface area contributed by atoms with Crippen molar-refractivity contribution in [2.45, 2.75) is 45.8 Å². The first kappa shape index (κ1) is 15.7. The van der Waals surface area contributed by atoms with Gasteiger partial charge in [0.25, 0.3) is 0 Å². The first-order valence-electron chi connectivity index (χ1n) is 6.72. The van der Waals surface area contributed by atoms with Crippen molar-refractivity contribution in [3.8, 4) is 5.75 Å². The molecule has 0 saturated heterocycles. The van der Waals surface area contributed by atoms with Crippen LogP contribution in [0.25, 0.3) is 0 Å². The van der Waals surface area contributed by atoms with Crippen molar-refractivity contribution in [1.82, 2.24) is 5.32 Å². The van der Waals surface area contributed by atoms with Crippen LogP contribution in [-0.2, 0) is 4.79 Å². The molecule has 2 unspecified atom stereocenters. The van der Waals surface area contributed by atoms with E-state index in [2.05, 4.69) is 19.2 Å². The van der Waals surface area contributed by atoms with Gasteiger partial charge in [0.05, 0.1) is 6.10 Å². The summed E-state index contributed by atoms with van der Waals surface area (Å²) in [5, 5.41) is 13.4. The lowest BCUT2D eigenvalue weighted by molar-refractivity contribution is -0.131. The predicted molar refractivity (Wildman–Crippen MR) is 75.1 cm³/mol. The Hall–Kier alpha value is -1.39. The van der Waals surface area contributed by atoms with E-state index >= 15 is 0 Å². The van der Waals surface area contributed by atoms with Crippen LogP contribution in [0.4, 0.5) is 0 Å². The summed E-state index contributed by atoms with van der Waals surface area (Å²) >= 11 is 0. The van der Waals surface area contributed by atoms with Crippen LogP contribution in [0.5, 0.6) is 5.75 Å². The van der Waals surface area contributed by atoms with E-state index in [1.165, 1.54) is 6.92 Å². The van der Waals surface area contributed by atoms with Crippen molar-refractivity contribution in [3.05, 3.63) is 29.8 Å². The Kier molecular flexibility index (Phi) is 6.53. The number of ether oxygens (including phenoxy) is 1. The molecule has 1 aromatic rings. The molecule has 0 bridgehead atoms. The van der Waals surface area contributed by atoms with Gasteiger partial charge in [-0.3, -0.25) is 4.79 Å². The zero-order valence-electron chi connectivity index (χ0n) is 11.8. The molecule has 4 heteroatoms. The number of carbonyl (C=O) groups excluding carboxylic acids is 1. The lowest BCUT2D eigenvalue weighted by Crippen LogP contribution is -2.30. The summed E-state index contributed by atoms with van der Waals surface area (Å²) in [6.07, 6.45) is 1.60. The molecule has 0 saturated carbocycles. The number of aliphatic hydroxyl groups excluding tert-OH is 1. The van der Waals surface area contributed by atoms with E-state index in [4.69, 9.17) is 4.74 Å². The van der Waals surface area contributed by atoms with Crippen LogP contribution in [0, 0.1) is 0 Å². The summed E-state index contributed by atoms with van der Waals surface area (Å²) < 4.78 is 5.00. The maximum atomic E-state index is 10.9. The zero-order valence-corrected chi connectivity index (χ0v) is 11.8. The molecule has 0 amide bonds. The second-order valence-corrected chi connectivity index (χ2v) is 4.78. The SMILES string of the molecule is CCCC(C)NCC(O)c1cccc(OC(C)=O)c1. The lowest BCUT2D eigenvalue weighted by Gasteiger charge is -2.17. The van der Waals surface area contributed by atoms with Crippen molar-refractivity contribution < 1.29 is 14.6 Å². The molecule has 106 valence electrons. The second-order valence-electron chi connectivity index (χ2n) is 4.78. The molecule has 0 aromatic heterocycles. The van der Waals surface area contributed by atoms with Crippen LogP contribution in [0.15, 0.2) is 24.3 Å². The average Bonchev–Trinajstić information content (AvgIpc) is 2.36. The summed E-state index contributed by atoms with van der Waals surface area (Å²) in [6, 6.07) is 7.37. The van der Waals surface area contributed by atoms with Crippen molar-refractivity contribution in [3.63, 3.8) is 0 Å². The van der Waals surface area contributed by atoms with E-state index in [0.717, 1.165) is 18.4 Å². The van der Waals surface area contributed by atoms with E-state index in [9.17, 15) is 9.90 Å². The molecule has 0 radical (unpaired) electrons. The molecule has 0 aliphatic carbocycles. The van der Waals surface area contributed by atoms with Crippen LogP contribution >= 0.6 is 0 Å². The molecule has 0 aliphatic heterocycles. The first-order valence-corrected chi connectivity index (χ1v) is 6.72. The van der Waals surface area contributed by atoms with E-state index < -0.39 is 6.10 Å². The minimum absolute atomic E-state index is 0.360. The number of hydrogen-bond donors (Lipinski definition) is 2. The number of hydrogen-bond acceptors (Lipinski definition) is 4. The number of nitrogens with one attached hydrogen (secondary N) is 1. The molecule has 1 rings (SSSR count). The number of esters is 1. The highest BCUT2D eigenvalue weighted by atomic mass is 16.5. The zero-order chi connectivity index (χ0) is 14.3. The van der Waals surface area contributed by atoms with Gasteiger partial charge in [0.1, 0.15) is 5.75 Å². The number of aliphatic hydroxyl groups is 1. The Morgan fingerprint density at radius 1 is 1.47 bits per heavy atom. The van der Waals surface area contributed by atoms with Crippen LogP contribution in [-0.4, -0.2) is 23.7 Å². The highest BCUT2D eigenvalue weighted by Gasteiger charge is 2.10. The van der Waals surface area contributed by atoms with Crippen molar-refractivity contribution in [2.75, 3.05) is 6.54 Å². The van der Waals surface area contributed by atoms with Gasteiger partial charge in [0.15, 0.2) is 0 Å². The van der Waals surface area contributed by atoms with Gasteiger partial charge < -0.3 is 15.2 Å². The summed E-state index contributed by atoms with van der Waals surface area (Å²) in [4.78, 5) is 10.9. The quantitative estimate of drug-likeness (QED) is 0.587. The highest BCUT2D eigenvalue weighted by Crippen LogP contribution is 2.19. The molecule has 2 atom stereocenters. The average molecular weight is 265 g/mol. The minimum Gasteiger partial charge on any atom is -0.427 e. The molecule has 0 aliphatic rings. The van der Waals surface area contributed by atoms with E-state index in [-0.39, 0.29) is 5.97 Å². The van der Waals surface area contributed by atoms with Crippen LogP contribution < -0.4 is 10.1 Å². The molecule has 2 N–H and O–H groups in total. The molecule has 1 aromatic carbocycles. The van der Waals surface area contributed by atoms with Crippen molar-refractivity contribution in [1.29, 1.82) is 0 Å². The number of rotatable bonds is 7. The molecule has 19 heavy (non-hydrogen) atoms. The Bertz CT molecular complexity index is 406. The molecule has 0 spiro atoms. The third-order valence-electron chi connectivity index (χ3n) is 2.89. The summed E-state index contributed by atoms with van der Waals surface area (Å²) in [5.41, 5.74) is 0.745. The molecule has 0 heterocycles. The third-order valence-corrected chi connectivity index (χ3v) is 2.89. The Morgan fingerprint density at radius 3 is 2.84 bits per heavy atom. The van der Waals surface area contributed by atoms with Gasteiger partial charge in [-0.25, -0.2) is 0 Å². The fraction of sp³-hybridized carbons (Fsp3) is 0.533. The maximum Gasteiger partial charge on any atom is 0.308 e. The van der Waals surface area contributed by atoms with Crippen LogP contribution in [0.3, 0.4) is 0 Å². The van der Waals surface area contributed by atoms with Crippen LogP contribution in [0.1, 0.15) is 45.3 Å². The minimum atomic E-state index is -0.602. The highest BCUT2D eigenvalue weighted by molar-refractivity contribution is 5.69. The van der Waals surface area contributed by atoms with E-state index in [1.807, 2.05) is 6.07 Å². The molecular formula is C15H23NO3. The monoisotopic (exact) mass is 265 g/mol. The molecule has 0 fully saturated rings. The van der Waals surface area contributed by atoms with Gasteiger partial charge in [0.2, 0.25) is 0 Å². The topological polar surface area (TPSA) is 58.6 Å². The molecular weight excluding hydrogens is 242 g/mol. The number of benzene rings is 1. The van der Waals surface area contributed by atoms with Gasteiger partial charge in [-0.1, -0.05) is 25.5 Å².